The molecule has 0 spiro atoms. The quantitative estimate of drug-likeness (QED) is 0.920. The van der Waals surface area contributed by atoms with Crippen LogP contribution in [0.25, 0.3) is 0 Å². The Morgan fingerprint density at radius 3 is 2.74 bits per heavy atom. The van der Waals surface area contributed by atoms with E-state index in [1.54, 1.807) is 36.4 Å². The molecule has 2 rings (SSSR count). The second kappa shape index (κ2) is 5.76. The third-order valence-electron chi connectivity index (χ3n) is 2.78. The lowest BCUT2D eigenvalue weighted by Gasteiger charge is -2.11. The number of hydrogen-bond donors (Lipinski definition) is 1. The summed E-state index contributed by atoms with van der Waals surface area (Å²) in [6, 6.07) is 12.2. The van der Waals surface area contributed by atoms with Crippen molar-refractivity contribution in [3.63, 3.8) is 0 Å². The van der Waals surface area contributed by atoms with Crippen LogP contribution in [0.4, 0.5) is 0 Å². The van der Waals surface area contributed by atoms with Crippen molar-refractivity contribution in [2.75, 3.05) is 0 Å². The number of carboxylic acids is 1. The molecule has 19 heavy (non-hydrogen) atoms. The van der Waals surface area contributed by atoms with Crippen LogP contribution in [0.15, 0.2) is 42.5 Å². The van der Waals surface area contributed by atoms with E-state index in [0.717, 1.165) is 5.56 Å². The van der Waals surface area contributed by atoms with Crippen LogP contribution in [-0.2, 0) is 6.61 Å². The molecule has 0 saturated heterocycles. The standard InChI is InChI=1S/C15H13ClO3/c1-10-6-7-12(16)8-14(10)19-9-11-4-2-3-5-13(11)15(17)18/h2-8H,9H2,1H3,(H,17,18). The van der Waals surface area contributed by atoms with Crippen LogP contribution in [0.5, 0.6) is 5.75 Å². The molecule has 2 aromatic rings. The Hall–Kier alpha value is -2.00. The molecule has 0 aliphatic carbocycles. The monoisotopic (exact) mass is 276 g/mol. The molecule has 0 radical (unpaired) electrons. The second-order valence-electron chi connectivity index (χ2n) is 4.16. The fourth-order valence-corrected chi connectivity index (χ4v) is 1.90. The van der Waals surface area contributed by atoms with Gasteiger partial charge in [-0.1, -0.05) is 35.9 Å². The van der Waals surface area contributed by atoms with Crippen LogP contribution in [0.1, 0.15) is 21.5 Å². The van der Waals surface area contributed by atoms with Gasteiger partial charge in [0.15, 0.2) is 0 Å². The number of benzene rings is 2. The van der Waals surface area contributed by atoms with E-state index >= 15 is 0 Å². The highest BCUT2D eigenvalue weighted by Crippen LogP contribution is 2.24. The Balaban J connectivity index is 2.19. The number of ether oxygens (including phenoxy) is 1. The average Bonchev–Trinajstić information content (AvgIpc) is 2.40. The van der Waals surface area contributed by atoms with Gasteiger partial charge in [-0.05, 0) is 30.7 Å². The van der Waals surface area contributed by atoms with Crippen molar-refractivity contribution < 1.29 is 14.6 Å². The third-order valence-corrected chi connectivity index (χ3v) is 3.02. The molecule has 98 valence electrons. The summed E-state index contributed by atoms with van der Waals surface area (Å²) in [6.07, 6.45) is 0. The van der Waals surface area contributed by atoms with E-state index in [2.05, 4.69) is 0 Å². The van der Waals surface area contributed by atoms with E-state index in [-0.39, 0.29) is 12.2 Å². The molecule has 0 aromatic heterocycles. The molecule has 0 fully saturated rings. The van der Waals surface area contributed by atoms with Crippen LogP contribution in [0, 0.1) is 6.92 Å². The zero-order chi connectivity index (χ0) is 13.8. The van der Waals surface area contributed by atoms with Crippen LogP contribution >= 0.6 is 11.6 Å². The minimum Gasteiger partial charge on any atom is -0.489 e. The SMILES string of the molecule is Cc1ccc(Cl)cc1OCc1ccccc1C(=O)O. The Morgan fingerprint density at radius 1 is 1.26 bits per heavy atom. The van der Waals surface area contributed by atoms with E-state index in [1.807, 2.05) is 13.0 Å². The molecular formula is C15H13ClO3. The van der Waals surface area contributed by atoms with Crippen molar-refractivity contribution in [1.29, 1.82) is 0 Å². The van der Waals surface area contributed by atoms with Gasteiger partial charge in [0.1, 0.15) is 12.4 Å². The Kier molecular flexibility index (Phi) is 4.07. The summed E-state index contributed by atoms with van der Waals surface area (Å²) in [7, 11) is 0. The normalized spacial score (nSPS) is 10.2. The molecule has 0 unspecified atom stereocenters. The van der Waals surface area contributed by atoms with Gasteiger partial charge in [-0.3, -0.25) is 0 Å². The molecular weight excluding hydrogens is 264 g/mol. The van der Waals surface area contributed by atoms with E-state index in [1.165, 1.54) is 0 Å². The van der Waals surface area contributed by atoms with Gasteiger partial charge >= 0.3 is 5.97 Å². The van der Waals surface area contributed by atoms with Crippen LogP contribution < -0.4 is 4.74 Å². The second-order valence-corrected chi connectivity index (χ2v) is 4.60. The summed E-state index contributed by atoms with van der Waals surface area (Å²) in [5.41, 5.74) is 1.84. The van der Waals surface area contributed by atoms with Crippen LogP contribution in [0.2, 0.25) is 5.02 Å². The zero-order valence-electron chi connectivity index (χ0n) is 10.4. The number of carbonyl (C=O) groups is 1. The number of aryl methyl sites for hydroxylation is 1. The molecule has 0 amide bonds. The largest absolute Gasteiger partial charge is 0.489 e. The van der Waals surface area contributed by atoms with Crippen LogP contribution in [0.3, 0.4) is 0 Å². The summed E-state index contributed by atoms with van der Waals surface area (Å²) < 4.78 is 5.65. The van der Waals surface area contributed by atoms with E-state index in [0.29, 0.717) is 16.3 Å². The smallest absolute Gasteiger partial charge is 0.336 e. The Bertz CT molecular complexity index is 608. The first kappa shape index (κ1) is 13.4. The topological polar surface area (TPSA) is 46.5 Å². The Morgan fingerprint density at radius 2 is 2.00 bits per heavy atom. The number of halogens is 1. The summed E-state index contributed by atoms with van der Waals surface area (Å²) in [5.74, 6) is -0.297. The highest BCUT2D eigenvalue weighted by atomic mass is 35.5. The van der Waals surface area contributed by atoms with Gasteiger partial charge in [-0.2, -0.15) is 0 Å². The van der Waals surface area contributed by atoms with Crippen molar-refractivity contribution in [3.8, 4) is 5.75 Å². The van der Waals surface area contributed by atoms with Crippen molar-refractivity contribution >= 4 is 17.6 Å². The van der Waals surface area contributed by atoms with Gasteiger partial charge in [0.2, 0.25) is 0 Å². The van der Waals surface area contributed by atoms with Crippen molar-refractivity contribution in [3.05, 3.63) is 64.2 Å². The number of carboxylic acid groups (broad SMARTS) is 1. The van der Waals surface area contributed by atoms with Gasteiger partial charge in [0, 0.05) is 10.6 Å². The summed E-state index contributed by atoms with van der Waals surface area (Å²) in [4.78, 5) is 11.1. The first-order valence-corrected chi connectivity index (χ1v) is 6.16. The fourth-order valence-electron chi connectivity index (χ4n) is 1.74. The van der Waals surface area contributed by atoms with Crippen molar-refractivity contribution in [1.82, 2.24) is 0 Å². The molecule has 0 bridgehead atoms. The maximum Gasteiger partial charge on any atom is 0.336 e. The highest BCUT2D eigenvalue weighted by molar-refractivity contribution is 6.30. The van der Waals surface area contributed by atoms with Crippen LogP contribution in [-0.4, -0.2) is 11.1 Å². The molecule has 0 atom stereocenters. The predicted molar refractivity (Wildman–Crippen MR) is 73.9 cm³/mol. The van der Waals surface area contributed by atoms with Gasteiger partial charge < -0.3 is 9.84 Å². The molecule has 2 aromatic carbocycles. The van der Waals surface area contributed by atoms with Crippen molar-refractivity contribution in [2.24, 2.45) is 0 Å². The first-order chi connectivity index (χ1) is 9.08. The summed E-state index contributed by atoms with van der Waals surface area (Å²) >= 11 is 5.91. The minimum absolute atomic E-state index is 0.198. The molecule has 0 aliphatic rings. The highest BCUT2D eigenvalue weighted by Gasteiger charge is 2.10. The summed E-state index contributed by atoms with van der Waals surface area (Å²) in [6.45, 7) is 2.11. The van der Waals surface area contributed by atoms with E-state index < -0.39 is 5.97 Å². The lowest BCUT2D eigenvalue weighted by molar-refractivity contribution is 0.0694. The third kappa shape index (κ3) is 3.26. The molecule has 0 heterocycles. The van der Waals surface area contributed by atoms with E-state index in [4.69, 9.17) is 21.4 Å². The maximum atomic E-state index is 11.1. The molecule has 3 nitrogen and oxygen atoms in total. The van der Waals surface area contributed by atoms with Gasteiger partial charge in [-0.25, -0.2) is 4.79 Å². The maximum absolute atomic E-state index is 11.1. The number of aromatic carboxylic acids is 1. The molecule has 4 heteroatoms. The average molecular weight is 277 g/mol. The molecule has 1 N–H and O–H groups in total. The first-order valence-electron chi connectivity index (χ1n) is 5.78. The van der Waals surface area contributed by atoms with Gasteiger partial charge in [0.05, 0.1) is 5.56 Å². The minimum atomic E-state index is -0.956. The van der Waals surface area contributed by atoms with Crippen molar-refractivity contribution in [2.45, 2.75) is 13.5 Å². The predicted octanol–water partition coefficient (Wildman–Crippen LogP) is 3.93. The van der Waals surface area contributed by atoms with Gasteiger partial charge in [-0.15, -0.1) is 0 Å². The lowest BCUT2D eigenvalue weighted by Crippen LogP contribution is -2.05. The number of hydrogen-bond acceptors (Lipinski definition) is 2. The lowest BCUT2D eigenvalue weighted by atomic mass is 10.1. The van der Waals surface area contributed by atoms with E-state index in [9.17, 15) is 4.79 Å². The molecule has 0 saturated carbocycles. The zero-order valence-corrected chi connectivity index (χ0v) is 11.1. The molecule has 0 aliphatic heterocycles. The Labute approximate surface area is 116 Å². The fraction of sp³-hybridized carbons (Fsp3) is 0.133. The van der Waals surface area contributed by atoms with Gasteiger partial charge in [0.25, 0.3) is 0 Å². The number of rotatable bonds is 4. The summed E-state index contributed by atoms with van der Waals surface area (Å²) in [5, 5.41) is 9.67.